The molecule has 1 rings (SSSR count). The normalized spacial score (nSPS) is 9.62. The smallest absolute Gasteiger partial charge is 0.127 e. The molecule has 0 amide bonds. The Kier molecular flexibility index (Phi) is 3.99. The van der Waals surface area contributed by atoms with Crippen LogP contribution in [0.4, 0.5) is 0 Å². The van der Waals surface area contributed by atoms with Crippen LogP contribution in [-0.2, 0) is 6.61 Å². The van der Waals surface area contributed by atoms with Crippen molar-refractivity contribution in [3.05, 3.63) is 36.7 Å². The Bertz CT molecular complexity index is 273. The Hall–Kier alpha value is -1.35. The van der Waals surface area contributed by atoms with Gasteiger partial charge in [-0.3, -0.25) is 4.98 Å². The summed E-state index contributed by atoms with van der Waals surface area (Å²) in [6, 6.07) is 1.74. The largest absolute Gasteiger partial charge is 0.493 e. The van der Waals surface area contributed by atoms with Gasteiger partial charge in [0.2, 0.25) is 0 Å². The van der Waals surface area contributed by atoms with E-state index in [-0.39, 0.29) is 6.61 Å². The van der Waals surface area contributed by atoms with Crippen molar-refractivity contribution in [2.24, 2.45) is 0 Å². The van der Waals surface area contributed by atoms with E-state index in [1.807, 2.05) is 0 Å². The first-order valence-corrected chi connectivity index (χ1v) is 4.16. The van der Waals surface area contributed by atoms with Crippen molar-refractivity contribution in [2.75, 3.05) is 6.61 Å². The molecule has 0 bridgehead atoms. The highest BCUT2D eigenvalue weighted by Gasteiger charge is 2.00. The molecule has 70 valence electrons. The zero-order valence-electron chi connectivity index (χ0n) is 7.44. The fraction of sp³-hybridized carbons (Fsp3) is 0.300. The van der Waals surface area contributed by atoms with Gasteiger partial charge in [0.15, 0.2) is 0 Å². The van der Waals surface area contributed by atoms with E-state index in [9.17, 15) is 0 Å². The van der Waals surface area contributed by atoms with Crippen molar-refractivity contribution in [3.8, 4) is 5.75 Å². The van der Waals surface area contributed by atoms with Crippen LogP contribution >= 0.6 is 0 Å². The Morgan fingerprint density at radius 3 is 3.15 bits per heavy atom. The van der Waals surface area contributed by atoms with Crippen LogP contribution in [0.2, 0.25) is 0 Å². The van der Waals surface area contributed by atoms with E-state index in [0.29, 0.717) is 17.9 Å². The molecule has 1 aromatic heterocycles. The van der Waals surface area contributed by atoms with Gasteiger partial charge in [0.25, 0.3) is 0 Å². The standard InChI is InChI=1S/C10H13NO2/c1-2-3-6-13-10-4-5-11-7-9(10)8-12/h2,4-5,7,12H,1,3,6,8H2. The van der Waals surface area contributed by atoms with Gasteiger partial charge in [0, 0.05) is 18.0 Å². The molecule has 0 aliphatic carbocycles. The first kappa shape index (κ1) is 9.74. The third-order valence-corrected chi connectivity index (χ3v) is 1.61. The molecule has 0 fully saturated rings. The molecule has 0 aliphatic rings. The predicted octanol–water partition coefficient (Wildman–Crippen LogP) is 1.53. The van der Waals surface area contributed by atoms with Gasteiger partial charge in [-0.1, -0.05) is 6.08 Å². The van der Waals surface area contributed by atoms with E-state index in [2.05, 4.69) is 11.6 Å². The maximum Gasteiger partial charge on any atom is 0.127 e. The summed E-state index contributed by atoms with van der Waals surface area (Å²) in [5.74, 6) is 0.694. The van der Waals surface area contributed by atoms with Gasteiger partial charge in [-0.25, -0.2) is 0 Å². The van der Waals surface area contributed by atoms with Crippen molar-refractivity contribution < 1.29 is 9.84 Å². The van der Waals surface area contributed by atoms with Gasteiger partial charge in [0.05, 0.1) is 13.2 Å². The molecule has 3 heteroatoms. The van der Waals surface area contributed by atoms with Gasteiger partial charge in [0.1, 0.15) is 5.75 Å². The minimum atomic E-state index is -0.0444. The van der Waals surface area contributed by atoms with E-state index in [0.717, 1.165) is 6.42 Å². The van der Waals surface area contributed by atoms with Crippen molar-refractivity contribution in [2.45, 2.75) is 13.0 Å². The zero-order chi connectivity index (χ0) is 9.52. The number of rotatable bonds is 5. The summed E-state index contributed by atoms with van der Waals surface area (Å²) in [5.41, 5.74) is 0.714. The number of ether oxygens (including phenoxy) is 1. The van der Waals surface area contributed by atoms with Crippen molar-refractivity contribution in [1.29, 1.82) is 0 Å². The first-order valence-electron chi connectivity index (χ1n) is 4.16. The number of hydrogen-bond donors (Lipinski definition) is 1. The fourth-order valence-electron chi connectivity index (χ4n) is 0.926. The highest BCUT2D eigenvalue weighted by atomic mass is 16.5. The third kappa shape index (κ3) is 2.87. The van der Waals surface area contributed by atoms with E-state index < -0.39 is 0 Å². The van der Waals surface area contributed by atoms with Crippen LogP contribution in [0.1, 0.15) is 12.0 Å². The van der Waals surface area contributed by atoms with Crippen LogP contribution in [0.3, 0.4) is 0 Å². The molecule has 3 nitrogen and oxygen atoms in total. The molecule has 1 aromatic rings. The topological polar surface area (TPSA) is 42.4 Å². The summed E-state index contributed by atoms with van der Waals surface area (Å²) in [6.45, 7) is 4.13. The monoisotopic (exact) mass is 179 g/mol. The fourth-order valence-corrected chi connectivity index (χ4v) is 0.926. The Morgan fingerprint density at radius 1 is 1.62 bits per heavy atom. The molecule has 0 aliphatic heterocycles. The average molecular weight is 179 g/mol. The van der Waals surface area contributed by atoms with Gasteiger partial charge in [-0.2, -0.15) is 0 Å². The van der Waals surface area contributed by atoms with Crippen LogP contribution < -0.4 is 4.74 Å². The van der Waals surface area contributed by atoms with Crippen LogP contribution in [0.25, 0.3) is 0 Å². The number of aliphatic hydroxyl groups excluding tert-OH is 1. The summed E-state index contributed by atoms with van der Waals surface area (Å²) in [4.78, 5) is 3.88. The molecule has 1 N–H and O–H groups in total. The second-order valence-electron chi connectivity index (χ2n) is 2.57. The van der Waals surface area contributed by atoms with Gasteiger partial charge in [-0.15, -0.1) is 6.58 Å². The summed E-state index contributed by atoms with van der Waals surface area (Å²) < 4.78 is 5.40. The highest BCUT2D eigenvalue weighted by molar-refractivity contribution is 5.29. The van der Waals surface area contributed by atoms with E-state index in [1.54, 1.807) is 24.5 Å². The number of aliphatic hydroxyl groups is 1. The first-order chi connectivity index (χ1) is 6.38. The zero-order valence-corrected chi connectivity index (χ0v) is 7.44. The van der Waals surface area contributed by atoms with E-state index in [4.69, 9.17) is 9.84 Å². The molecular weight excluding hydrogens is 166 g/mol. The lowest BCUT2D eigenvalue weighted by molar-refractivity contribution is 0.263. The van der Waals surface area contributed by atoms with Crippen molar-refractivity contribution >= 4 is 0 Å². The molecule has 0 saturated carbocycles. The predicted molar refractivity (Wildman–Crippen MR) is 50.5 cm³/mol. The molecule has 1 heterocycles. The summed E-state index contributed by atoms with van der Waals surface area (Å²) in [7, 11) is 0. The lowest BCUT2D eigenvalue weighted by atomic mass is 10.3. The Morgan fingerprint density at radius 2 is 2.46 bits per heavy atom. The molecule has 0 radical (unpaired) electrons. The van der Waals surface area contributed by atoms with Gasteiger partial charge >= 0.3 is 0 Å². The number of nitrogens with zero attached hydrogens (tertiary/aromatic N) is 1. The minimum absolute atomic E-state index is 0.0444. The molecule has 0 aromatic carbocycles. The third-order valence-electron chi connectivity index (χ3n) is 1.61. The van der Waals surface area contributed by atoms with Gasteiger partial charge in [-0.05, 0) is 12.5 Å². The van der Waals surface area contributed by atoms with Crippen LogP contribution in [-0.4, -0.2) is 16.7 Å². The summed E-state index contributed by atoms with van der Waals surface area (Å²) in [5, 5.41) is 8.93. The molecular formula is C10H13NO2. The minimum Gasteiger partial charge on any atom is -0.493 e. The SMILES string of the molecule is C=CCCOc1ccncc1CO. The van der Waals surface area contributed by atoms with E-state index >= 15 is 0 Å². The summed E-state index contributed by atoms with van der Waals surface area (Å²) >= 11 is 0. The number of pyridine rings is 1. The molecule has 0 unspecified atom stereocenters. The highest BCUT2D eigenvalue weighted by Crippen LogP contribution is 2.16. The van der Waals surface area contributed by atoms with Crippen molar-refractivity contribution in [1.82, 2.24) is 4.98 Å². The Balaban J connectivity index is 2.58. The quantitative estimate of drug-likeness (QED) is 0.550. The maximum atomic E-state index is 8.93. The molecule has 0 saturated heterocycles. The Labute approximate surface area is 77.7 Å². The van der Waals surface area contributed by atoms with E-state index in [1.165, 1.54) is 0 Å². The molecule has 13 heavy (non-hydrogen) atoms. The van der Waals surface area contributed by atoms with Gasteiger partial charge < -0.3 is 9.84 Å². The number of hydrogen-bond acceptors (Lipinski definition) is 3. The second kappa shape index (κ2) is 5.32. The van der Waals surface area contributed by atoms with Crippen LogP contribution in [0.15, 0.2) is 31.1 Å². The number of aromatic nitrogens is 1. The van der Waals surface area contributed by atoms with Crippen molar-refractivity contribution in [3.63, 3.8) is 0 Å². The lowest BCUT2D eigenvalue weighted by Crippen LogP contribution is -1.99. The molecule has 0 atom stereocenters. The van der Waals surface area contributed by atoms with Crippen LogP contribution in [0.5, 0.6) is 5.75 Å². The summed E-state index contributed by atoms with van der Waals surface area (Å²) in [6.07, 6.45) is 5.83. The maximum absolute atomic E-state index is 8.93. The lowest BCUT2D eigenvalue weighted by Gasteiger charge is -2.07. The van der Waals surface area contributed by atoms with Crippen LogP contribution in [0, 0.1) is 0 Å². The second-order valence-corrected chi connectivity index (χ2v) is 2.57. The average Bonchev–Trinajstić information content (AvgIpc) is 2.19. The molecule has 0 spiro atoms.